The van der Waals surface area contributed by atoms with Gasteiger partial charge in [0.25, 0.3) is 0 Å². The van der Waals surface area contributed by atoms with Crippen LogP contribution in [0.3, 0.4) is 0 Å². The second-order valence-electron chi connectivity index (χ2n) is 8.93. The number of rotatable bonds is 2. The molecule has 1 atom stereocenters. The van der Waals surface area contributed by atoms with E-state index in [-0.39, 0.29) is 12.1 Å². The maximum Gasteiger partial charge on any atom is 0.409 e. The summed E-state index contributed by atoms with van der Waals surface area (Å²) in [6.45, 7) is 9.01. The number of hydrogen-bond donors (Lipinski definition) is 1. The molecule has 3 rings (SSSR count). The van der Waals surface area contributed by atoms with E-state index in [0.29, 0.717) is 5.56 Å². The summed E-state index contributed by atoms with van der Waals surface area (Å²) in [6, 6.07) is 8.95. The van der Waals surface area contributed by atoms with E-state index in [0.717, 1.165) is 15.8 Å². The zero-order valence-corrected chi connectivity index (χ0v) is 16.2. The minimum atomic E-state index is -4.53. The Hall–Kier alpha value is -2.08. The molecule has 0 bridgehead atoms. The lowest BCUT2D eigenvalue weighted by Gasteiger charge is -2.34. The van der Waals surface area contributed by atoms with Crippen LogP contribution in [0.1, 0.15) is 51.8 Å². The van der Waals surface area contributed by atoms with E-state index in [1.807, 2.05) is 51.1 Å². The molecular formula is C21H25F3N2O. The standard InChI is InChI=1S/C21H25F3N2O/c1-19(2,3)16-11-14-9-7-6-8-13(14)10-15(16)17(21(22,23)24)26-12-20(4,5)18(27)25-26/h6-11,17H,12H2,1-5H3,(H,25,27)/t17-/m0/s1. The molecule has 1 aliphatic heterocycles. The van der Waals surface area contributed by atoms with E-state index in [4.69, 9.17) is 0 Å². The molecule has 146 valence electrons. The molecule has 1 amide bonds. The molecule has 0 aliphatic carbocycles. The molecule has 2 aromatic carbocycles. The minimum Gasteiger partial charge on any atom is -0.287 e. The van der Waals surface area contributed by atoms with Gasteiger partial charge < -0.3 is 0 Å². The van der Waals surface area contributed by atoms with Crippen molar-refractivity contribution >= 4 is 16.7 Å². The number of carbonyl (C=O) groups is 1. The van der Waals surface area contributed by atoms with Gasteiger partial charge >= 0.3 is 6.18 Å². The minimum absolute atomic E-state index is 0.00752. The van der Waals surface area contributed by atoms with Gasteiger partial charge in [-0.1, -0.05) is 51.1 Å². The predicted octanol–water partition coefficient (Wildman–Crippen LogP) is 5.11. The SMILES string of the molecule is CC1(C)CN([C@@H](c2cc3ccccc3cc2C(C)(C)C)C(F)(F)F)NC1=O. The molecule has 1 N–H and O–H groups in total. The molecule has 0 radical (unpaired) electrons. The number of hydrogen-bond acceptors (Lipinski definition) is 2. The molecule has 0 spiro atoms. The van der Waals surface area contributed by atoms with Crippen LogP contribution in [0.4, 0.5) is 13.2 Å². The Morgan fingerprint density at radius 3 is 2.07 bits per heavy atom. The highest BCUT2D eigenvalue weighted by molar-refractivity contribution is 5.85. The smallest absolute Gasteiger partial charge is 0.287 e. The summed E-state index contributed by atoms with van der Waals surface area (Å²) in [5.41, 5.74) is 1.91. The van der Waals surface area contributed by atoms with E-state index in [1.54, 1.807) is 19.9 Å². The van der Waals surface area contributed by atoms with Crippen molar-refractivity contribution in [2.75, 3.05) is 6.54 Å². The van der Waals surface area contributed by atoms with Crippen LogP contribution in [-0.4, -0.2) is 23.6 Å². The van der Waals surface area contributed by atoms with Gasteiger partial charge in [-0.05, 0) is 47.2 Å². The fourth-order valence-corrected chi connectivity index (χ4v) is 3.63. The Labute approximate surface area is 157 Å². The number of nitrogens with one attached hydrogen (secondary N) is 1. The number of fused-ring (bicyclic) bond motifs is 1. The quantitative estimate of drug-likeness (QED) is 0.787. The molecule has 0 saturated carbocycles. The molecule has 1 aliphatic rings. The Balaban J connectivity index is 2.23. The first kappa shape index (κ1) is 19.7. The average Bonchev–Trinajstić information content (AvgIpc) is 2.77. The average molecular weight is 378 g/mol. The zero-order valence-electron chi connectivity index (χ0n) is 16.2. The first-order valence-corrected chi connectivity index (χ1v) is 8.98. The highest BCUT2D eigenvalue weighted by Crippen LogP contribution is 2.44. The van der Waals surface area contributed by atoms with Gasteiger partial charge in [0.1, 0.15) is 6.04 Å². The van der Waals surface area contributed by atoms with E-state index in [1.165, 1.54) is 0 Å². The Bertz CT molecular complexity index is 881. The number of nitrogens with zero attached hydrogens (tertiary/aromatic N) is 1. The van der Waals surface area contributed by atoms with Crippen LogP contribution >= 0.6 is 0 Å². The fraction of sp³-hybridized carbons (Fsp3) is 0.476. The molecular weight excluding hydrogens is 353 g/mol. The van der Waals surface area contributed by atoms with Crippen LogP contribution in [0.2, 0.25) is 0 Å². The number of amides is 1. The van der Waals surface area contributed by atoms with Crippen LogP contribution < -0.4 is 5.43 Å². The summed E-state index contributed by atoms with van der Waals surface area (Å²) >= 11 is 0. The summed E-state index contributed by atoms with van der Waals surface area (Å²) in [4.78, 5) is 12.1. The van der Waals surface area contributed by atoms with Crippen molar-refractivity contribution in [1.82, 2.24) is 10.4 Å². The number of halogens is 3. The van der Waals surface area contributed by atoms with Gasteiger partial charge in [-0.2, -0.15) is 13.2 Å². The maximum absolute atomic E-state index is 14.2. The van der Waals surface area contributed by atoms with Gasteiger partial charge in [0.2, 0.25) is 5.91 Å². The molecule has 1 heterocycles. The monoisotopic (exact) mass is 378 g/mol. The van der Waals surface area contributed by atoms with Crippen LogP contribution in [0.15, 0.2) is 36.4 Å². The number of carbonyl (C=O) groups excluding carboxylic acids is 1. The van der Waals surface area contributed by atoms with Gasteiger partial charge in [-0.15, -0.1) is 0 Å². The van der Waals surface area contributed by atoms with Gasteiger partial charge in [-0.25, -0.2) is 5.01 Å². The summed E-state index contributed by atoms with van der Waals surface area (Å²) in [7, 11) is 0. The van der Waals surface area contributed by atoms with Gasteiger partial charge in [0, 0.05) is 6.54 Å². The Kier molecular flexibility index (Phi) is 4.54. The normalized spacial score (nSPS) is 19.3. The third-order valence-corrected chi connectivity index (χ3v) is 5.07. The molecule has 3 nitrogen and oxygen atoms in total. The van der Waals surface area contributed by atoms with E-state index in [9.17, 15) is 18.0 Å². The molecule has 1 saturated heterocycles. The fourth-order valence-electron chi connectivity index (χ4n) is 3.63. The summed E-state index contributed by atoms with van der Waals surface area (Å²) in [5.74, 6) is -0.394. The van der Waals surface area contributed by atoms with E-state index < -0.39 is 29.0 Å². The second-order valence-corrected chi connectivity index (χ2v) is 8.93. The van der Waals surface area contributed by atoms with Gasteiger partial charge in [0.15, 0.2) is 0 Å². The lowest BCUT2D eigenvalue weighted by atomic mass is 9.80. The third kappa shape index (κ3) is 3.68. The summed E-state index contributed by atoms with van der Waals surface area (Å²) in [5, 5.41) is 2.69. The highest BCUT2D eigenvalue weighted by atomic mass is 19.4. The van der Waals surface area contributed by atoms with Crippen molar-refractivity contribution in [3.63, 3.8) is 0 Å². The van der Waals surface area contributed by atoms with Crippen molar-refractivity contribution in [2.24, 2.45) is 5.41 Å². The molecule has 1 fully saturated rings. The molecule has 0 unspecified atom stereocenters. The van der Waals surface area contributed by atoms with Crippen LogP contribution in [0.25, 0.3) is 10.8 Å². The molecule has 27 heavy (non-hydrogen) atoms. The van der Waals surface area contributed by atoms with E-state index >= 15 is 0 Å². The maximum atomic E-state index is 14.2. The van der Waals surface area contributed by atoms with Crippen molar-refractivity contribution < 1.29 is 18.0 Å². The van der Waals surface area contributed by atoms with Gasteiger partial charge in [-0.3, -0.25) is 10.2 Å². The number of hydrazine groups is 1. The lowest BCUT2D eigenvalue weighted by Crippen LogP contribution is -2.44. The highest BCUT2D eigenvalue weighted by Gasteiger charge is 2.52. The topological polar surface area (TPSA) is 32.3 Å². The van der Waals surface area contributed by atoms with E-state index in [2.05, 4.69) is 5.43 Å². The second kappa shape index (κ2) is 6.23. The first-order valence-electron chi connectivity index (χ1n) is 8.98. The predicted molar refractivity (Wildman–Crippen MR) is 100 cm³/mol. The molecule has 2 aromatic rings. The lowest BCUT2D eigenvalue weighted by molar-refractivity contribution is -0.191. The van der Waals surface area contributed by atoms with Crippen molar-refractivity contribution in [3.8, 4) is 0 Å². The van der Waals surface area contributed by atoms with Crippen LogP contribution in [-0.2, 0) is 10.2 Å². The number of alkyl halides is 3. The van der Waals surface area contributed by atoms with Crippen LogP contribution in [0.5, 0.6) is 0 Å². The number of benzene rings is 2. The van der Waals surface area contributed by atoms with Crippen molar-refractivity contribution in [3.05, 3.63) is 47.5 Å². The van der Waals surface area contributed by atoms with Crippen LogP contribution in [0, 0.1) is 5.41 Å². The largest absolute Gasteiger partial charge is 0.409 e. The zero-order chi connectivity index (χ0) is 20.2. The molecule has 6 heteroatoms. The van der Waals surface area contributed by atoms with Gasteiger partial charge in [0.05, 0.1) is 5.41 Å². The third-order valence-electron chi connectivity index (χ3n) is 5.07. The van der Waals surface area contributed by atoms with Crippen molar-refractivity contribution in [1.29, 1.82) is 0 Å². The summed E-state index contributed by atoms with van der Waals surface area (Å²) in [6.07, 6.45) is -4.53. The first-order chi connectivity index (χ1) is 12.3. The van der Waals surface area contributed by atoms with Crippen molar-refractivity contribution in [2.45, 2.75) is 52.3 Å². The molecule has 0 aromatic heterocycles. The summed E-state index contributed by atoms with van der Waals surface area (Å²) < 4.78 is 42.6. The Morgan fingerprint density at radius 1 is 1.07 bits per heavy atom. The Morgan fingerprint density at radius 2 is 1.63 bits per heavy atom.